The maximum Gasteiger partial charge on any atom is 0.226 e. The van der Waals surface area contributed by atoms with Gasteiger partial charge in [-0.1, -0.05) is 68.3 Å². The van der Waals surface area contributed by atoms with Crippen molar-refractivity contribution in [2.24, 2.45) is 0 Å². The molecule has 2 aliphatic rings. The molecule has 0 bridgehead atoms. The van der Waals surface area contributed by atoms with E-state index in [1.807, 2.05) is 35.0 Å². The molecular weight excluding hydrogens is 520 g/mol. The number of nitrogens with one attached hydrogen (secondary N) is 1. The van der Waals surface area contributed by atoms with Gasteiger partial charge in [-0.05, 0) is 47.5 Å². The molecule has 152 valence electrons. The molecule has 0 fully saturated rings. The molecule has 0 radical (unpaired) electrons. The molecule has 6 rings (SSSR count). The van der Waals surface area contributed by atoms with Gasteiger partial charge < -0.3 is 10.1 Å². The lowest BCUT2D eigenvalue weighted by Gasteiger charge is -2.39. The first-order valence-corrected chi connectivity index (χ1v) is 11.5. The fourth-order valence-corrected chi connectivity index (χ4v) is 5.01. The van der Waals surface area contributed by atoms with E-state index < -0.39 is 0 Å². The third-order valence-electron chi connectivity index (χ3n) is 5.66. The smallest absolute Gasteiger partial charge is 0.226 e. The topological polar surface area (TPSA) is 52.0 Å². The van der Waals surface area contributed by atoms with Crippen molar-refractivity contribution >= 4 is 43.5 Å². The van der Waals surface area contributed by atoms with Gasteiger partial charge in [0.1, 0.15) is 24.2 Å². The lowest BCUT2D eigenvalue weighted by molar-refractivity contribution is 0.223. The van der Waals surface area contributed by atoms with Crippen molar-refractivity contribution in [1.82, 2.24) is 14.8 Å². The van der Waals surface area contributed by atoms with Gasteiger partial charge >= 0.3 is 0 Å². The SMILES string of the molecule is Brc1ccc([C@@H]2C3=C(Nc4ncnn42)c2ccccc2O[C@@H]3c2cccc(Br)c2)cc1. The molecule has 1 N–H and O–H groups in total. The Morgan fingerprint density at radius 2 is 1.71 bits per heavy atom. The van der Waals surface area contributed by atoms with E-state index >= 15 is 0 Å². The first kappa shape index (κ1) is 18.8. The maximum atomic E-state index is 6.62. The van der Waals surface area contributed by atoms with Crippen LogP contribution in [0.1, 0.15) is 28.8 Å². The Kier molecular flexibility index (Phi) is 4.47. The van der Waals surface area contributed by atoms with Crippen molar-refractivity contribution in [2.75, 3.05) is 5.32 Å². The van der Waals surface area contributed by atoms with Gasteiger partial charge in [0.05, 0.1) is 5.70 Å². The number of hydrogen-bond donors (Lipinski definition) is 1. The average Bonchev–Trinajstić information content (AvgIpc) is 3.26. The van der Waals surface area contributed by atoms with Crippen LogP contribution in [0.4, 0.5) is 5.95 Å². The van der Waals surface area contributed by atoms with Crippen LogP contribution in [0.15, 0.2) is 93.6 Å². The summed E-state index contributed by atoms with van der Waals surface area (Å²) >= 11 is 7.17. The first-order chi connectivity index (χ1) is 15.2. The number of ether oxygens (including phenoxy) is 1. The Balaban J connectivity index is 1.63. The van der Waals surface area contributed by atoms with E-state index in [2.05, 4.69) is 89.7 Å². The lowest BCUT2D eigenvalue weighted by atomic mass is 9.84. The predicted octanol–water partition coefficient (Wildman–Crippen LogP) is 6.36. The number of anilines is 1. The number of halogens is 2. The highest BCUT2D eigenvalue weighted by Crippen LogP contribution is 2.50. The highest BCUT2D eigenvalue weighted by molar-refractivity contribution is 9.10. The summed E-state index contributed by atoms with van der Waals surface area (Å²) in [5.41, 5.74) is 5.35. The van der Waals surface area contributed by atoms with E-state index in [0.29, 0.717) is 0 Å². The summed E-state index contributed by atoms with van der Waals surface area (Å²) in [7, 11) is 0. The van der Waals surface area contributed by atoms with Crippen LogP contribution in [0.2, 0.25) is 0 Å². The first-order valence-electron chi connectivity index (χ1n) is 9.86. The van der Waals surface area contributed by atoms with Crippen molar-refractivity contribution in [1.29, 1.82) is 0 Å². The monoisotopic (exact) mass is 534 g/mol. The van der Waals surface area contributed by atoms with Crippen molar-refractivity contribution in [3.8, 4) is 5.75 Å². The third kappa shape index (κ3) is 3.11. The summed E-state index contributed by atoms with van der Waals surface area (Å²) in [6, 6.07) is 24.6. The van der Waals surface area contributed by atoms with E-state index in [0.717, 1.165) is 48.6 Å². The van der Waals surface area contributed by atoms with Crippen LogP contribution in [0.25, 0.3) is 5.70 Å². The molecule has 2 aliphatic heterocycles. The summed E-state index contributed by atoms with van der Waals surface area (Å²) < 4.78 is 10.6. The Labute approximate surface area is 196 Å². The van der Waals surface area contributed by atoms with Gasteiger partial charge in [-0.3, -0.25) is 0 Å². The van der Waals surface area contributed by atoms with E-state index in [1.165, 1.54) is 0 Å². The van der Waals surface area contributed by atoms with Gasteiger partial charge in [-0.2, -0.15) is 10.1 Å². The number of para-hydroxylation sites is 1. The second-order valence-corrected chi connectivity index (χ2v) is 9.32. The number of fused-ring (bicyclic) bond motifs is 3. The molecular formula is C24H16Br2N4O. The standard InChI is InChI=1S/C24H16Br2N4O/c25-16-10-8-14(9-11-16)22-20-21(29-24-27-13-28-30(22)24)18-6-1-2-7-19(18)31-23(20)15-4-3-5-17(26)12-15/h1-13,22-23H,(H,27,28,29)/t22-,23-/m1/s1. The van der Waals surface area contributed by atoms with E-state index in [9.17, 15) is 0 Å². The van der Waals surface area contributed by atoms with Gasteiger partial charge in [0.25, 0.3) is 0 Å². The minimum Gasteiger partial charge on any atom is -0.480 e. The van der Waals surface area contributed by atoms with Gasteiger partial charge in [-0.15, -0.1) is 0 Å². The molecule has 0 aliphatic carbocycles. The minimum absolute atomic E-state index is 0.154. The lowest BCUT2D eigenvalue weighted by Crippen LogP contribution is -2.32. The maximum absolute atomic E-state index is 6.62. The zero-order chi connectivity index (χ0) is 20.9. The van der Waals surface area contributed by atoms with Crippen LogP contribution in [-0.2, 0) is 0 Å². The molecule has 1 aromatic heterocycles. The predicted molar refractivity (Wildman–Crippen MR) is 127 cm³/mol. The molecule has 3 heterocycles. The number of nitrogens with zero attached hydrogens (tertiary/aromatic N) is 3. The molecule has 31 heavy (non-hydrogen) atoms. The van der Waals surface area contributed by atoms with Gasteiger partial charge in [-0.25, -0.2) is 4.68 Å². The molecule has 0 unspecified atom stereocenters. The zero-order valence-corrected chi connectivity index (χ0v) is 19.3. The fourth-order valence-electron chi connectivity index (χ4n) is 4.33. The van der Waals surface area contributed by atoms with Crippen LogP contribution in [0.5, 0.6) is 5.75 Å². The fraction of sp³-hybridized carbons (Fsp3) is 0.0833. The Morgan fingerprint density at radius 3 is 2.55 bits per heavy atom. The quantitative estimate of drug-likeness (QED) is 0.324. The summed E-state index contributed by atoms with van der Waals surface area (Å²) in [5, 5.41) is 8.09. The normalized spacial score (nSPS) is 19.0. The number of aromatic nitrogens is 3. The van der Waals surface area contributed by atoms with Crippen LogP contribution in [-0.4, -0.2) is 14.8 Å². The molecule has 4 aromatic rings. The molecule has 0 saturated carbocycles. The second kappa shape index (κ2) is 7.35. The molecule has 5 nitrogen and oxygen atoms in total. The minimum atomic E-state index is -0.277. The summed E-state index contributed by atoms with van der Waals surface area (Å²) in [6.45, 7) is 0. The van der Waals surface area contributed by atoms with Crippen LogP contribution >= 0.6 is 31.9 Å². The van der Waals surface area contributed by atoms with Gasteiger partial charge in [0, 0.05) is 20.1 Å². The number of hydrogen-bond acceptors (Lipinski definition) is 4. The highest BCUT2D eigenvalue weighted by atomic mass is 79.9. The summed E-state index contributed by atoms with van der Waals surface area (Å²) in [6.07, 6.45) is 1.31. The Hall–Kier alpha value is -2.90. The van der Waals surface area contributed by atoms with Crippen LogP contribution < -0.4 is 10.1 Å². The Morgan fingerprint density at radius 1 is 0.871 bits per heavy atom. The van der Waals surface area contributed by atoms with E-state index in [1.54, 1.807) is 6.33 Å². The van der Waals surface area contributed by atoms with Crippen molar-refractivity contribution < 1.29 is 4.74 Å². The summed E-state index contributed by atoms with van der Waals surface area (Å²) in [4.78, 5) is 4.47. The number of benzene rings is 3. The summed E-state index contributed by atoms with van der Waals surface area (Å²) in [5.74, 6) is 1.57. The molecule has 2 atom stereocenters. The van der Waals surface area contributed by atoms with Gasteiger partial charge in [0.2, 0.25) is 5.95 Å². The largest absolute Gasteiger partial charge is 0.480 e. The Bertz CT molecular complexity index is 1330. The van der Waals surface area contributed by atoms with E-state index in [4.69, 9.17) is 4.74 Å². The van der Waals surface area contributed by atoms with Crippen molar-refractivity contribution in [3.05, 3.63) is 110 Å². The van der Waals surface area contributed by atoms with Crippen LogP contribution in [0, 0.1) is 0 Å². The molecule has 0 spiro atoms. The molecule has 0 amide bonds. The second-order valence-electron chi connectivity index (χ2n) is 7.49. The van der Waals surface area contributed by atoms with Gasteiger partial charge in [0.15, 0.2) is 0 Å². The van der Waals surface area contributed by atoms with Crippen molar-refractivity contribution in [2.45, 2.75) is 12.1 Å². The average molecular weight is 536 g/mol. The van der Waals surface area contributed by atoms with Crippen LogP contribution in [0.3, 0.4) is 0 Å². The van der Waals surface area contributed by atoms with E-state index in [-0.39, 0.29) is 12.1 Å². The zero-order valence-electron chi connectivity index (χ0n) is 16.2. The van der Waals surface area contributed by atoms with Crippen molar-refractivity contribution in [3.63, 3.8) is 0 Å². The molecule has 3 aromatic carbocycles. The number of rotatable bonds is 2. The highest BCUT2D eigenvalue weighted by Gasteiger charge is 2.40. The molecule has 7 heteroatoms. The third-order valence-corrected chi connectivity index (χ3v) is 6.68. The molecule has 0 saturated heterocycles.